The first kappa shape index (κ1) is 20.4. The van der Waals surface area contributed by atoms with Gasteiger partial charge in [-0.25, -0.2) is 8.42 Å². The molecule has 1 unspecified atom stereocenters. The molecule has 1 aromatic carbocycles. The van der Waals surface area contributed by atoms with Gasteiger partial charge in [-0.1, -0.05) is 24.6 Å². The molecule has 1 aromatic rings. The summed E-state index contributed by atoms with van der Waals surface area (Å²) in [7, 11) is -3.66. The number of carboxylic acid groups (broad SMARTS) is 1. The minimum atomic E-state index is -3.66. The Morgan fingerprint density at radius 2 is 1.92 bits per heavy atom. The molecule has 1 amide bonds. The maximum Gasteiger partial charge on any atom is 0.323 e. The van der Waals surface area contributed by atoms with E-state index in [2.05, 4.69) is 0 Å². The Labute approximate surface area is 154 Å². The summed E-state index contributed by atoms with van der Waals surface area (Å²) in [5.74, 6) is -1.85. The number of carbonyl (C=O) groups is 2. The van der Waals surface area contributed by atoms with Crippen LogP contribution in [0.1, 0.15) is 31.7 Å². The molecule has 1 aliphatic heterocycles. The predicted molar refractivity (Wildman–Crippen MR) is 97.2 cm³/mol. The van der Waals surface area contributed by atoms with Gasteiger partial charge in [-0.3, -0.25) is 9.59 Å². The van der Waals surface area contributed by atoms with Crippen LogP contribution in [0.5, 0.6) is 0 Å². The third-order valence-corrected chi connectivity index (χ3v) is 6.40. The molecule has 0 aliphatic carbocycles. The number of sulfonamides is 1. The van der Waals surface area contributed by atoms with Crippen molar-refractivity contribution >= 4 is 21.9 Å². The van der Waals surface area contributed by atoms with Crippen molar-refractivity contribution < 1.29 is 23.1 Å². The van der Waals surface area contributed by atoms with E-state index >= 15 is 0 Å². The summed E-state index contributed by atoms with van der Waals surface area (Å²) < 4.78 is 27.0. The standard InChI is InChI=1S/C18H26N2O5S/c1-3-10-19(13-17(21)22)18(23)15-5-4-11-20(12-15)26(24,25)16-8-6-14(2)7-9-16/h6-9,15H,3-5,10-13H2,1-2H3,(H,21,22). The zero-order valence-corrected chi connectivity index (χ0v) is 16.0. The van der Waals surface area contributed by atoms with Crippen LogP contribution < -0.4 is 0 Å². The molecule has 0 saturated carbocycles. The van der Waals surface area contributed by atoms with Crippen molar-refractivity contribution in [2.45, 2.75) is 38.0 Å². The van der Waals surface area contributed by atoms with Gasteiger partial charge in [-0.2, -0.15) is 4.31 Å². The lowest BCUT2D eigenvalue weighted by Gasteiger charge is -2.34. The molecule has 0 aromatic heterocycles. The first-order chi connectivity index (χ1) is 12.3. The number of carboxylic acids is 1. The van der Waals surface area contributed by atoms with Gasteiger partial charge >= 0.3 is 5.97 Å². The molecule has 2 rings (SSSR count). The normalized spacial score (nSPS) is 18.5. The van der Waals surface area contributed by atoms with E-state index in [4.69, 9.17) is 5.11 Å². The van der Waals surface area contributed by atoms with Gasteiger partial charge in [0.05, 0.1) is 10.8 Å². The summed E-state index contributed by atoms with van der Waals surface area (Å²) in [5.41, 5.74) is 0.972. The molecule has 8 heteroatoms. The van der Waals surface area contributed by atoms with Crippen molar-refractivity contribution in [2.24, 2.45) is 5.92 Å². The molecular formula is C18H26N2O5S. The lowest BCUT2D eigenvalue weighted by Crippen LogP contribution is -2.48. The van der Waals surface area contributed by atoms with Crippen LogP contribution >= 0.6 is 0 Å². The zero-order chi connectivity index (χ0) is 19.3. The third kappa shape index (κ3) is 4.82. The molecule has 1 fully saturated rings. The van der Waals surface area contributed by atoms with Crippen LogP contribution in [0.3, 0.4) is 0 Å². The number of nitrogens with zero attached hydrogens (tertiary/aromatic N) is 2. The van der Waals surface area contributed by atoms with E-state index in [1.165, 1.54) is 9.21 Å². The number of amides is 1. The van der Waals surface area contributed by atoms with Gasteiger partial charge in [0.2, 0.25) is 15.9 Å². The fourth-order valence-electron chi connectivity index (χ4n) is 3.18. The average molecular weight is 382 g/mol. The lowest BCUT2D eigenvalue weighted by atomic mass is 9.98. The largest absolute Gasteiger partial charge is 0.480 e. The molecule has 1 heterocycles. The summed E-state index contributed by atoms with van der Waals surface area (Å²) in [4.78, 5) is 25.3. The zero-order valence-electron chi connectivity index (χ0n) is 15.2. The molecule has 1 atom stereocenters. The summed E-state index contributed by atoms with van der Waals surface area (Å²) in [6.07, 6.45) is 1.80. The third-order valence-electron chi connectivity index (χ3n) is 4.52. The van der Waals surface area contributed by atoms with Gasteiger partial charge in [0.1, 0.15) is 6.54 Å². The molecule has 26 heavy (non-hydrogen) atoms. The Morgan fingerprint density at radius 3 is 2.50 bits per heavy atom. The van der Waals surface area contributed by atoms with E-state index in [0.29, 0.717) is 32.4 Å². The fourth-order valence-corrected chi connectivity index (χ4v) is 4.70. The number of benzene rings is 1. The topological polar surface area (TPSA) is 95.0 Å². The average Bonchev–Trinajstić information content (AvgIpc) is 2.61. The molecule has 7 nitrogen and oxygen atoms in total. The maximum absolute atomic E-state index is 12.8. The van der Waals surface area contributed by atoms with E-state index < -0.39 is 21.9 Å². The van der Waals surface area contributed by atoms with Gasteiger partial charge in [0, 0.05) is 19.6 Å². The summed E-state index contributed by atoms with van der Waals surface area (Å²) >= 11 is 0. The van der Waals surface area contributed by atoms with Crippen molar-refractivity contribution in [1.29, 1.82) is 0 Å². The predicted octanol–water partition coefficient (Wildman–Crippen LogP) is 1.72. The highest BCUT2D eigenvalue weighted by Crippen LogP contribution is 2.25. The van der Waals surface area contributed by atoms with Crippen molar-refractivity contribution in [3.8, 4) is 0 Å². The van der Waals surface area contributed by atoms with Crippen molar-refractivity contribution in [3.63, 3.8) is 0 Å². The van der Waals surface area contributed by atoms with E-state index in [1.807, 2.05) is 13.8 Å². The van der Waals surface area contributed by atoms with Crippen LogP contribution in [-0.2, 0) is 19.6 Å². The van der Waals surface area contributed by atoms with Crippen molar-refractivity contribution in [3.05, 3.63) is 29.8 Å². The van der Waals surface area contributed by atoms with Gasteiger partial charge in [0.15, 0.2) is 0 Å². The minimum absolute atomic E-state index is 0.0921. The Kier molecular flexibility index (Phi) is 6.77. The number of carbonyl (C=O) groups excluding carboxylic acids is 1. The number of piperidine rings is 1. The second kappa shape index (κ2) is 8.64. The van der Waals surface area contributed by atoms with E-state index in [1.54, 1.807) is 24.3 Å². The van der Waals surface area contributed by atoms with Crippen molar-refractivity contribution in [2.75, 3.05) is 26.2 Å². The summed E-state index contributed by atoms with van der Waals surface area (Å²) in [6.45, 7) is 4.22. The molecule has 1 saturated heterocycles. The number of hydrogen-bond acceptors (Lipinski definition) is 4. The number of aryl methyl sites for hydroxylation is 1. The monoisotopic (exact) mass is 382 g/mol. The number of rotatable bonds is 7. The maximum atomic E-state index is 12.8. The Hall–Kier alpha value is -1.93. The quantitative estimate of drug-likeness (QED) is 0.775. The molecule has 0 radical (unpaired) electrons. The van der Waals surface area contributed by atoms with Crippen LogP contribution in [-0.4, -0.2) is 60.8 Å². The first-order valence-electron chi connectivity index (χ1n) is 8.83. The van der Waals surface area contributed by atoms with E-state index in [-0.39, 0.29) is 23.9 Å². The van der Waals surface area contributed by atoms with Crippen LogP contribution in [0.2, 0.25) is 0 Å². The first-order valence-corrected chi connectivity index (χ1v) is 10.3. The van der Waals surface area contributed by atoms with Gasteiger partial charge < -0.3 is 10.0 Å². The molecule has 0 spiro atoms. The molecule has 1 N–H and O–H groups in total. The van der Waals surface area contributed by atoms with Crippen LogP contribution in [0.4, 0.5) is 0 Å². The van der Waals surface area contributed by atoms with Gasteiger partial charge in [-0.05, 0) is 38.3 Å². The van der Waals surface area contributed by atoms with Crippen LogP contribution in [0.15, 0.2) is 29.2 Å². The SMILES string of the molecule is CCCN(CC(=O)O)C(=O)C1CCCN(S(=O)(=O)c2ccc(C)cc2)C1. The Bertz CT molecular complexity index is 745. The van der Waals surface area contributed by atoms with Gasteiger partial charge in [0.25, 0.3) is 0 Å². The Balaban J connectivity index is 2.15. The second-order valence-corrected chi connectivity index (χ2v) is 8.61. The highest BCUT2D eigenvalue weighted by molar-refractivity contribution is 7.89. The summed E-state index contributed by atoms with van der Waals surface area (Å²) in [6, 6.07) is 6.64. The molecule has 0 bridgehead atoms. The van der Waals surface area contributed by atoms with Crippen LogP contribution in [0, 0.1) is 12.8 Å². The van der Waals surface area contributed by atoms with E-state index in [0.717, 1.165) is 5.56 Å². The number of aliphatic carboxylic acids is 1. The van der Waals surface area contributed by atoms with Crippen LogP contribution in [0.25, 0.3) is 0 Å². The van der Waals surface area contributed by atoms with E-state index in [9.17, 15) is 18.0 Å². The lowest BCUT2D eigenvalue weighted by molar-refractivity contribution is -0.146. The Morgan fingerprint density at radius 1 is 1.27 bits per heavy atom. The van der Waals surface area contributed by atoms with Gasteiger partial charge in [-0.15, -0.1) is 0 Å². The second-order valence-electron chi connectivity index (χ2n) is 6.67. The highest BCUT2D eigenvalue weighted by Gasteiger charge is 2.35. The molecular weight excluding hydrogens is 356 g/mol. The molecule has 1 aliphatic rings. The molecule has 144 valence electrons. The highest BCUT2D eigenvalue weighted by atomic mass is 32.2. The van der Waals surface area contributed by atoms with Crippen molar-refractivity contribution in [1.82, 2.24) is 9.21 Å². The smallest absolute Gasteiger partial charge is 0.323 e. The fraction of sp³-hybridized carbons (Fsp3) is 0.556. The minimum Gasteiger partial charge on any atom is -0.480 e. The number of hydrogen-bond donors (Lipinski definition) is 1. The summed E-state index contributed by atoms with van der Waals surface area (Å²) in [5, 5.41) is 9.01.